The summed E-state index contributed by atoms with van der Waals surface area (Å²) in [5, 5.41) is 9.44. The van der Waals surface area contributed by atoms with Crippen molar-refractivity contribution >= 4 is 0 Å². The predicted octanol–water partition coefficient (Wildman–Crippen LogP) is 2.41. The van der Waals surface area contributed by atoms with Crippen LogP contribution in [0.25, 0.3) is 0 Å². The number of ether oxygens (including phenoxy) is 2. The molecule has 1 aromatic rings. The van der Waals surface area contributed by atoms with E-state index in [1.807, 2.05) is 30.3 Å². The Morgan fingerprint density at radius 2 is 1.82 bits per heavy atom. The molecule has 1 saturated carbocycles. The zero-order valence-corrected chi connectivity index (χ0v) is 9.84. The molecule has 1 aromatic carbocycles. The fourth-order valence-electron chi connectivity index (χ4n) is 2.88. The number of aliphatic hydroxyl groups excluding tert-OH is 1. The smallest absolute Gasteiger partial charge is 0.169 e. The number of hydrogen-bond donors (Lipinski definition) is 1. The monoisotopic (exact) mass is 234 g/mol. The summed E-state index contributed by atoms with van der Waals surface area (Å²) in [6.45, 7) is 0.0152. The molecule has 0 bridgehead atoms. The van der Waals surface area contributed by atoms with Crippen LogP contribution in [0.4, 0.5) is 0 Å². The maximum Gasteiger partial charge on any atom is 0.169 e. The summed E-state index contributed by atoms with van der Waals surface area (Å²) in [5.74, 6) is -0.423. The van der Waals surface area contributed by atoms with Crippen molar-refractivity contribution in [2.45, 2.75) is 43.7 Å². The Kier molecular flexibility index (Phi) is 2.90. The van der Waals surface area contributed by atoms with Gasteiger partial charge in [0.05, 0.1) is 6.61 Å². The Hall–Kier alpha value is -0.900. The Balaban J connectivity index is 1.84. The maximum absolute atomic E-state index is 9.44. The number of benzene rings is 1. The van der Waals surface area contributed by atoms with E-state index in [0.29, 0.717) is 0 Å². The largest absolute Gasteiger partial charge is 0.394 e. The van der Waals surface area contributed by atoms with Gasteiger partial charge in [-0.3, -0.25) is 0 Å². The summed E-state index contributed by atoms with van der Waals surface area (Å²) in [5.41, 5.74) is 1.09. The molecule has 0 radical (unpaired) electrons. The lowest BCUT2D eigenvalue weighted by molar-refractivity contribution is -0.172. The number of rotatable bonds is 2. The summed E-state index contributed by atoms with van der Waals surface area (Å²) in [6, 6.07) is 10.0. The SMILES string of the molecule is OC[C@H]1OC2(CCCC2)O[C@@H]1c1ccccc1. The van der Waals surface area contributed by atoms with Gasteiger partial charge in [0.25, 0.3) is 0 Å². The van der Waals surface area contributed by atoms with Crippen LogP contribution < -0.4 is 0 Å². The quantitative estimate of drug-likeness (QED) is 0.854. The zero-order chi connectivity index (χ0) is 11.7. The number of hydrogen-bond acceptors (Lipinski definition) is 3. The zero-order valence-electron chi connectivity index (χ0n) is 9.84. The molecule has 92 valence electrons. The highest BCUT2D eigenvalue weighted by Gasteiger charge is 2.49. The normalized spacial score (nSPS) is 31.1. The van der Waals surface area contributed by atoms with Crippen LogP contribution in [-0.4, -0.2) is 23.6 Å². The third-order valence-electron chi connectivity index (χ3n) is 3.72. The van der Waals surface area contributed by atoms with E-state index in [1.54, 1.807) is 0 Å². The lowest BCUT2D eigenvalue weighted by atomic mass is 10.1. The summed E-state index contributed by atoms with van der Waals surface area (Å²) in [4.78, 5) is 0. The first kappa shape index (κ1) is 11.2. The Bertz CT molecular complexity index is 370. The molecule has 3 heteroatoms. The summed E-state index contributed by atoms with van der Waals surface area (Å²) >= 11 is 0. The van der Waals surface area contributed by atoms with Crippen molar-refractivity contribution < 1.29 is 14.6 Å². The molecule has 1 saturated heterocycles. The lowest BCUT2D eigenvalue weighted by Crippen LogP contribution is -2.27. The van der Waals surface area contributed by atoms with Gasteiger partial charge in [-0.25, -0.2) is 0 Å². The summed E-state index contributed by atoms with van der Waals surface area (Å²) in [6.07, 6.45) is 3.86. The summed E-state index contributed by atoms with van der Waals surface area (Å²) < 4.78 is 12.1. The molecule has 1 N–H and O–H groups in total. The van der Waals surface area contributed by atoms with Crippen LogP contribution >= 0.6 is 0 Å². The first-order valence-corrected chi connectivity index (χ1v) is 6.34. The average molecular weight is 234 g/mol. The Morgan fingerprint density at radius 3 is 2.47 bits per heavy atom. The molecule has 0 amide bonds. The van der Waals surface area contributed by atoms with E-state index in [2.05, 4.69) is 0 Å². The van der Waals surface area contributed by atoms with Crippen LogP contribution in [0.15, 0.2) is 30.3 Å². The van der Waals surface area contributed by atoms with Crippen molar-refractivity contribution in [3.05, 3.63) is 35.9 Å². The third kappa shape index (κ3) is 1.99. The molecule has 3 nitrogen and oxygen atoms in total. The van der Waals surface area contributed by atoms with Gasteiger partial charge in [-0.2, -0.15) is 0 Å². The summed E-state index contributed by atoms with van der Waals surface area (Å²) in [7, 11) is 0. The Labute approximate surface area is 101 Å². The van der Waals surface area contributed by atoms with Gasteiger partial charge in [0.15, 0.2) is 5.79 Å². The molecular formula is C14H18O3. The lowest BCUT2D eigenvalue weighted by Gasteiger charge is -2.21. The van der Waals surface area contributed by atoms with Gasteiger partial charge < -0.3 is 14.6 Å². The first-order chi connectivity index (χ1) is 8.33. The van der Waals surface area contributed by atoms with E-state index in [-0.39, 0.29) is 18.8 Å². The molecular weight excluding hydrogens is 216 g/mol. The van der Waals surface area contributed by atoms with E-state index in [1.165, 1.54) is 0 Å². The molecule has 2 aliphatic rings. The topological polar surface area (TPSA) is 38.7 Å². The van der Waals surface area contributed by atoms with Gasteiger partial charge in [-0.15, -0.1) is 0 Å². The molecule has 0 unspecified atom stereocenters. The van der Waals surface area contributed by atoms with Gasteiger partial charge in [0, 0.05) is 12.8 Å². The molecule has 1 aliphatic heterocycles. The molecule has 17 heavy (non-hydrogen) atoms. The van der Waals surface area contributed by atoms with Crippen LogP contribution in [0.2, 0.25) is 0 Å². The van der Waals surface area contributed by atoms with Crippen molar-refractivity contribution in [2.24, 2.45) is 0 Å². The van der Waals surface area contributed by atoms with Gasteiger partial charge in [0.2, 0.25) is 0 Å². The van der Waals surface area contributed by atoms with E-state index in [4.69, 9.17) is 9.47 Å². The predicted molar refractivity (Wildman–Crippen MR) is 63.4 cm³/mol. The second-order valence-corrected chi connectivity index (χ2v) is 4.91. The van der Waals surface area contributed by atoms with Gasteiger partial charge in [-0.05, 0) is 18.4 Å². The van der Waals surface area contributed by atoms with Crippen LogP contribution in [-0.2, 0) is 9.47 Å². The van der Waals surface area contributed by atoms with E-state index in [9.17, 15) is 5.11 Å². The van der Waals surface area contributed by atoms with Crippen LogP contribution in [0.3, 0.4) is 0 Å². The minimum atomic E-state index is -0.423. The van der Waals surface area contributed by atoms with Crippen LogP contribution in [0.1, 0.15) is 37.4 Å². The molecule has 1 heterocycles. The Morgan fingerprint density at radius 1 is 1.12 bits per heavy atom. The van der Waals surface area contributed by atoms with Crippen molar-refractivity contribution in [3.63, 3.8) is 0 Å². The fourth-order valence-corrected chi connectivity index (χ4v) is 2.88. The number of aliphatic hydroxyl groups is 1. The van der Waals surface area contributed by atoms with Crippen molar-refractivity contribution in [3.8, 4) is 0 Å². The van der Waals surface area contributed by atoms with E-state index >= 15 is 0 Å². The average Bonchev–Trinajstić information content (AvgIpc) is 2.98. The minimum absolute atomic E-state index is 0.0152. The second-order valence-electron chi connectivity index (χ2n) is 4.91. The highest BCUT2D eigenvalue weighted by molar-refractivity contribution is 5.20. The molecule has 2 fully saturated rings. The fraction of sp³-hybridized carbons (Fsp3) is 0.571. The van der Waals surface area contributed by atoms with Gasteiger partial charge in [-0.1, -0.05) is 30.3 Å². The van der Waals surface area contributed by atoms with E-state index in [0.717, 1.165) is 31.2 Å². The molecule has 3 rings (SSSR count). The first-order valence-electron chi connectivity index (χ1n) is 6.34. The molecule has 1 spiro atoms. The maximum atomic E-state index is 9.44. The minimum Gasteiger partial charge on any atom is -0.394 e. The molecule has 0 aromatic heterocycles. The molecule has 2 atom stereocenters. The van der Waals surface area contributed by atoms with Gasteiger partial charge >= 0.3 is 0 Å². The third-order valence-corrected chi connectivity index (χ3v) is 3.72. The van der Waals surface area contributed by atoms with Crippen molar-refractivity contribution in [2.75, 3.05) is 6.61 Å². The van der Waals surface area contributed by atoms with Crippen molar-refractivity contribution in [1.82, 2.24) is 0 Å². The molecule has 1 aliphatic carbocycles. The standard InChI is InChI=1S/C14H18O3/c15-10-12-13(11-6-2-1-3-7-11)17-14(16-12)8-4-5-9-14/h1-3,6-7,12-13,15H,4-5,8-10H2/t12-,13-/m1/s1. The van der Waals surface area contributed by atoms with E-state index < -0.39 is 5.79 Å². The van der Waals surface area contributed by atoms with Crippen LogP contribution in [0, 0.1) is 0 Å². The van der Waals surface area contributed by atoms with Gasteiger partial charge in [0.1, 0.15) is 12.2 Å². The highest BCUT2D eigenvalue weighted by Crippen LogP contribution is 2.46. The van der Waals surface area contributed by atoms with Crippen LogP contribution in [0.5, 0.6) is 0 Å². The second kappa shape index (κ2) is 4.41. The van der Waals surface area contributed by atoms with Crippen molar-refractivity contribution in [1.29, 1.82) is 0 Å². The highest BCUT2D eigenvalue weighted by atomic mass is 16.8.